The summed E-state index contributed by atoms with van der Waals surface area (Å²) in [4.78, 5) is 12.1. The Bertz CT molecular complexity index is 692. The predicted molar refractivity (Wildman–Crippen MR) is 101 cm³/mol. The minimum atomic E-state index is -0.200. The molecular formula is C21H26N2O. The van der Waals surface area contributed by atoms with Crippen LogP contribution >= 0.6 is 0 Å². The lowest BCUT2D eigenvalue weighted by Crippen LogP contribution is -2.18. The zero-order valence-electron chi connectivity index (χ0n) is 15.0. The van der Waals surface area contributed by atoms with Gasteiger partial charge in [-0.1, -0.05) is 70.5 Å². The van der Waals surface area contributed by atoms with Crippen LogP contribution in [0.1, 0.15) is 61.2 Å². The third-order valence-corrected chi connectivity index (χ3v) is 3.91. The number of nitrogens with one attached hydrogen (secondary N) is 1. The number of carbonyl (C=O) groups excluding carboxylic acids is 1. The number of hydrogen-bond acceptors (Lipinski definition) is 2. The Labute approximate surface area is 144 Å². The van der Waals surface area contributed by atoms with Crippen LogP contribution in [-0.2, 0) is 11.8 Å². The van der Waals surface area contributed by atoms with Gasteiger partial charge < -0.3 is 0 Å². The number of amides is 1. The molecule has 2 aromatic carbocycles. The average Bonchev–Trinajstić information content (AvgIpc) is 2.56. The van der Waals surface area contributed by atoms with Crippen LogP contribution in [0.2, 0.25) is 0 Å². The number of benzene rings is 2. The zero-order chi connectivity index (χ0) is 17.6. The summed E-state index contributed by atoms with van der Waals surface area (Å²) in [6, 6.07) is 15.9. The highest BCUT2D eigenvalue weighted by Crippen LogP contribution is 2.22. The van der Waals surface area contributed by atoms with E-state index in [-0.39, 0.29) is 11.3 Å². The summed E-state index contributed by atoms with van der Waals surface area (Å²) in [5.41, 5.74) is 6.76. The van der Waals surface area contributed by atoms with Crippen molar-refractivity contribution in [2.45, 2.75) is 46.0 Å². The van der Waals surface area contributed by atoms with Crippen LogP contribution in [-0.4, -0.2) is 12.1 Å². The summed E-state index contributed by atoms with van der Waals surface area (Å²) < 4.78 is 0. The molecule has 0 aliphatic heterocycles. The number of aryl methyl sites for hydroxylation is 1. The van der Waals surface area contributed by atoms with Crippen molar-refractivity contribution >= 4 is 12.1 Å². The minimum Gasteiger partial charge on any atom is -0.267 e. The van der Waals surface area contributed by atoms with E-state index in [0.717, 1.165) is 18.4 Å². The maximum Gasteiger partial charge on any atom is 0.271 e. The van der Waals surface area contributed by atoms with Gasteiger partial charge in [0.2, 0.25) is 0 Å². The van der Waals surface area contributed by atoms with Crippen LogP contribution in [0.25, 0.3) is 0 Å². The van der Waals surface area contributed by atoms with Crippen molar-refractivity contribution in [3.8, 4) is 0 Å². The third kappa shape index (κ3) is 5.05. The SMILES string of the molecule is CCCc1ccc(/C=N/NC(=O)c2ccc(C(C)(C)C)cc2)cc1. The molecule has 0 aliphatic carbocycles. The molecule has 0 aromatic heterocycles. The van der Waals surface area contributed by atoms with Crippen LogP contribution in [0.5, 0.6) is 0 Å². The highest BCUT2D eigenvalue weighted by Gasteiger charge is 2.14. The predicted octanol–water partition coefficient (Wildman–Crippen LogP) is 4.70. The van der Waals surface area contributed by atoms with Gasteiger partial charge in [0.15, 0.2) is 0 Å². The summed E-state index contributed by atoms with van der Waals surface area (Å²) >= 11 is 0. The van der Waals surface area contributed by atoms with Crippen molar-refractivity contribution < 1.29 is 4.79 Å². The first-order valence-electron chi connectivity index (χ1n) is 8.43. The second-order valence-corrected chi connectivity index (χ2v) is 7.02. The molecule has 2 aromatic rings. The van der Waals surface area contributed by atoms with E-state index in [9.17, 15) is 4.79 Å². The third-order valence-electron chi connectivity index (χ3n) is 3.91. The first kappa shape index (κ1) is 17.9. The Morgan fingerprint density at radius 2 is 1.67 bits per heavy atom. The van der Waals surface area contributed by atoms with Gasteiger partial charge in [0.25, 0.3) is 5.91 Å². The fraction of sp³-hybridized carbons (Fsp3) is 0.333. The van der Waals surface area contributed by atoms with Crippen LogP contribution in [0, 0.1) is 0 Å². The fourth-order valence-corrected chi connectivity index (χ4v) is 2.41. The number of hydrogen-bond donors (Lipinski definition) is 1. The van der Waals surface area contributed by atoms with Crippen molar-refractivity contribution in [2.24, 2.45) is 5.10 Å². The van der Waals surface area contributed by atoms with E-state index in [1.807, 2.05) is 36.4 Å². The zero-order valence-corrected chi connectivity index (χ0v) is 15.0. The summed E-state index contributed by atoms with van der Waals surface area (Å²) in [7, 11) is 0. The molecule has 2 rings (SSSR count). The van der Waals surface area contributed by atoms with Gasteiger partial charge in [-0.25, -0.2) is 5.43 Å². The van der Waals surface area contributed by atoms with Gasteiger partial charge in [0.1, 0.15) is 0 Å². The number of rotatable bonds is 5. The van der Waals surface area contributed by atoms with Crippen molar-refractivity contribution in [3.05, 3.63) is 70.8 Å². The molecule has 1 amide bonds. The quantitative estimate of drug-likeness (QED) is 0.629. The first-order chi connectivity index (χ1) is 11.4. The summed E-state index contributed by atoms with van der Waals surface area (Å²) in [5.74, 6) is -0.200. The van der Waals surface area contributed by atoms with E-state index < -0.39 is 0 Å². The monoisotopic (exact) mass is 322 g/mol. The summed E-state index contributed by atoms with van der Waals surface area (Å²) in [5, 5.41) is 4.04. The molecule has 0 fully saturated rings. The van der Waals surface area contributed by atoms with E-state index in [0.29, 0.717) is 5.56 Å². The maximum atomic E-state index is 12.1. The Morgan fingerprint density at radius 3 is 2.21 bits per heavy atom. The molecule has 0 aliphatic rings. The van der Waals surface area contributed by atoms with Gasteiger partial charge in [0, 0.05) is 5.56 Å². The molecular weight excluding hydrogens is 296 g/mol. The van der Waals surface area contributed by atoms with E-state index in [1.54, 1.807) is 6.21 Å². The van der Waals surface area contributed by atoms with E-state index in [1.165, 1.54) is 11.1 Å². The molecule has 126 valence electrons. The molecule has 0 radical (unpaired) electrons. The molecule has 0 spiro atoms. The lowest BCUT2D eigenvalue weighted by molar-refractivity contribution is 0.0955. The normalized spacial score (nSPS) is 11.7. The van der Waals surface area contributed by atoms with Gasteiger partial charge in [-0.3, -0.25) is 4.79 Å². The Morgan fingerprint density at radius 1 is 1.04 bits per heavy atom. The molecule has 24 heavy (non-hydrogen) atoms. The van der Waals surface area contributed by atoms with E-state index >= 15 is 0 Å². The van der Waals surface area contributed by atoms with Gasteiger partial charge in [-0.15, -0.1) is 0 Å². The van der Waals surface area contributed by atoms with Crippen molar-refractivity contribution in [2.75, 3.05) is 0 Å². The van der Waals surface area contributed by atoms with Crippen LogP contribution in [0.3, 0.4) is 0 Å². The van der Waals surface area contributed by atoms with Crippen molar-refractivity contribution in [1.82, 2.24) is 5.43 Å². The number of nitrogens with zero attached hydrogens (tertiary/aromatic N) is 1. The molecule has 0 heterocycles. The van der Waals surface area contributed by atoms with Crippen LogP contribution in [0.15, 0.2) is 53.6 Å². The van der Waals surface area contributed by atoms with E-state index in [2.05, 4.69) is 50.4 Å². The highest BCUT2D eigenvalue weighted by atomic mass is 16.2. The first-order valence-corrected chi connectivity index (χ1v) is 8.43. The van der Waals surface area contributed by atoms with Gasteiger partial charge in [-0.2, -0.15) is 5.10 Å². The second-order valence-electron chi connectivity index (χ2n) is 7.02. The van der Waals surface area contributed by atoms with Crippen LogP contribution in [0.4, 0.5) is 0 Å². The molecule has 0 atom stereocenters. The molecule has 3 heteroatoms. The Hall–Kier alpha value is -2.42. The maximum absolute atomic E-state index is 12.1. The van der Waals surface area contributed by atoms with Gasteiger partial charge in [0.05, 0.1) is 6.21 Å². The average molecular weight is 322 g/mol. The van der Waals surface area contributed by atoms with Crippen molar-refractivity contribution in [1.29, 1.82) is 0 Å². The molecule has 1 N–H and O–H groups in total. The highest BCUT2D eigenvalue weighted by molar-refractivity contribution is 5.94. The summed E-state index contributed by atoms with van der Waals surface area (Å²) in [6.07, 6.45) is 3.88. The lowest BCUT2D eigenvalue weighted by Gasteiger charge is -2.18. The molecule has 3 nitrogen and oxygen atoms in total. The largest absolute Gasteiger partial charge is 0.271 e. The van der Waals surface area contributed by atoms with Crippen LogP contribution < -0.4 is 5.43 Å². The fourth-order valence-electron chi connectivity index (χ4n) is 2.41. The number of carbonyl (C=O) groups is 1. The Kier molecular flexibility index (Phi) is 5.91. The second kappa shape index (κ2) is 7.91. The Balaban J connectivity index is 1.94. The van der Waals surface area contributed by atoms with Crippen molar-refractivity contribution in [3.63, 3.8) is 0 Å². The molecule has 0 bridgehead atoms. The smallest absolute Gasteiger partial charge is 0.267 e. The number of hydrazone groups is 1. The molecule has 0 saturated carbocycles. The molecule has 0 unspecified atom stereocenters. The molecule has 0 saturated heterocycles. The van der Waals surface area contributed by atoms with Gasteiger partial charge >= 0.3 is 0 Å². The minimum absolute atomic E-state index is 0.0805. The van der Waals surface area contributed by atoms with Gasteiger partial charge in [-0.05, 0) is 40.7 Å². The van der Waals surface area contributed by atoms with E-state index in [4.69, 9.17) is 0 Å². The lowest BCUT2D eigenvalue weighted by atomic mass is 9.87. The topological polar surface area (TPSA) is 41.5 Å². The summed E-state index contributed by atoms with van der Waals surface area (Å²) in [6.45, 7) is 8.62. The standard InChI is InChI=1S/C21H26N2O/c1-5-6-16-7-9-17(10-8-16)15-22-23-20(24)18-11-13-19(14-12-18)21(2,3)4/h7-15H,5-6H2,1-4H3,(H,23,24)/b22-15+.